The molecule has 0 bridgehead atoms. The van der Waals surface area contributed by atoms with Crippen LogP contribution in [0.25, 0.3) is 0 Å². The Morgan fingerprint density at radius 1 is 1.35 bits per heavy atom. The molecular weight excluding hydrogens is 294 g/mol. The number of ether oxygens (including phenoxy) is 1. The second-order valence-electron chi connectivity index (χ2n) is 6.87. The van der Waals surface area contributed by atoms with Crippen molar-refractivity contribution in [2.75, 3.05) is 19.7 Å². The normalized spacial score (nSPS) is 20.9. The minimum atomic E-state index is -0.329. The van der Waals surface area contributed by atoms with Gasteiger partial charge in [0.25, 0.3) is 0 Å². The molecule has 0 unspecified atom stereocenters. The second kappa shape index (κ2) is 6.34. The molecule has 2 fully saturated rings. The van der Waals surface area contributed by atoms with Crippen molar-refractivity contribution < 1.29 is 14.3 Å². The average molecular weight is 319 g/mol. The number of hydrogen-bond acceptors (Lipinski definition) is 4. The number of esters is 1. The summed E-state index contributed by atoms with van der Waals surface area (Å²) in [4.78, 5) is 26.3. The van der Waals surface area contributed by atoms with Gasteiger partial charge in [0.15, 0.2) is 0 Å². The fourth-order valence-electron chi connectivity index (χ4n) is 3.49. The summed E-state index contributed by atoms with van der Waals surface area (Å²) in [5.41, 5.74) is 0.377. The largest absolute Gasteiger partial charge is 0.462 e. The van der Waals surface area contributed by atoms with E-state index in [2.05, 4.69) is 12.0 Å². The molecule has 1 aliphatic carbocycles. The summed E-state index contributed by atoms with van der Waals surface area (Å²) in [5.74, 6) is -0.0147. The Hall–Kier alpha value is -1.85. The molecule has 1 saturated carbocycles. The Kier molecular flexibility index (Phi) is 4.41. The van der Waals surface area contributed by atoms with Crippen LogP contribution in [0.2, 0.25) is 0 Å². The molecule has 0 N–H and O–H groups in total. The van der Waals surface area contributed by atoms with Crippen LogP contribution < -0.4 is 0 Å². The quantitative estimate of drug-likeness (QED) is 0.800. The summed E-state index contributed by atoms with van der Waals surface area (Å²) in [5, 5.41) is 4.30. The van der Waals surface area contributed by atoms with Crippen molar-refractivity contribution in [1.29, 1.82) is 0 Å². The third kappa shape index (κ3) is 3.12. The van der Waals surface area contributed by atoms with Gasteiger partial charge in [-0.25, -0.2) is 4.79 Å². The summed E-state index contributed by atoms with van der Waals surface area (Å²) in [6.45, 7) is 5.78. The van der Waals surface area contributed by atoms with Crippen LogP contribution in [0.4, 0.5) is 0 Å². The monoisotopic (exact) mass is 319 g/mol. The third-order valence-corrected chi connectivity index (χ3v) is 5.21. The molecule has 1 saturated heterocycles. The number of nitrogens with zero attached hydrogens (tertiary/aromatic N) is 3. The maximum atomic E-state index is 12.6. The van der Waals surface area contributed by atoms with Crippen molar-refractivity contribution >= 4 is 11.9 Å². The van der Waals surface area contributed by atoms with Crippen molar-refractivity contribution in [3.8, 4) is 0 Å². The van der Waals surface area contributed by atoms with Crippen LogP contribution in [0.5, 0.6) is 0 Å². The number of likely N-dealkylation sites (tertiary alicyclic amines) is 1. The first-order valence-corrected chi connectivity index (χ1v) is 8.54. The van der Waals surface area contributed by atoms with E-state index in [0.29, 0.717) is 18.1 Å². The average Bonchev–Trinajstić information content (AvgIpc) is 3.02. The van der Waals surface area contributed by atoms with Crippen LogP contribution in [0.1, 0.15) is 62.4 Å². The lowest BCUT2D eigenvalue weighted by Crippen LogP contribution is -2.49. The molecule has 6 heteroatoms. The maximum Gasteiger partial charge on any atom is 0.341 e. The molecule has 3 rings (SSSR count). The highest BCUT2D eigenvalue weighted by atomic mass is 16.5. The van der Waals surface area contributed by atoms with Gasteiger partial charge in [0.05, 0.1) is 24.4 Å². The van der Waals surface area contributed by atoms with Crippen molar-refractivity contribution in [2.45, 2.75) is 52.0 Å². The highest BCUT2D eigenvalue weighted by Gasteiger charge is 2.42. The van der Waals surface area contributed by atoms with Crippen LogP contribution in [-0.2, 0) is 9.53 Å². The van der Waals surface area contributed by atoms with Crippen LogP contribution in [0.3, 0.4) is 0 Å². The second-order valence-corrected chi connectivity index (χ2v) is 6.87. The molecule has 0 atom stereocenters. The fourth-order valence-corrected chi connectivity index (χ4v) is 3.49. The van der Waals surface area contributed by atoms with Crippen LogP contribution in [-0.4, -0.2) is 46.3 Å². The number of piperidine rings is 1. The van der Waals surface area contributed by atoms with Crippen molar-refractivity contribution in [3.63, 3.8) is 0 Å². The Balaban J connectivity index is 1.57. The molecule has 1 amide bonds. The molecule has 2 aliphatic rings. The maximum absolute atomic E-state index is 12.6. The smallest absolute Gasteiger partial charge is 0.341 e. The summed E-state index contributed by atoms with van der Waals surface area (Å²) in [6.07, 6.45) is 8.29. The summed E-state index contributed by atoms with van der Waals surface area (Å²) >= 11 is 0. The Morgan fingerprint density at radius 3 is 2.61 bits per heavy atom. The van der Waals surface area contributed by atoms with E-state index in [4.69, 9.17) is 4.74 Å². The van der Waals surface area contributed by atoms with Crippen LogP contribution in [0.15, 0.2) is 12.4 Å². The van der Waals surface area contributed by atoms with E-state index in [1.165, 1.54) is 6.42 Å². The van der Waals surface area contributed by atoms with E-state index >= 15 is 0 Å². The number of amides is 1. The topological polar surface area (TPSA) is 64.4 Å². The number of carbonyl (C=O) groups excluding carboxylic acids is 2. The zero-order chi connectivity index (χ0) is 16.4. The van der Waals surface area contributed by atoms with Gasteiger partial charge in [-0.15, -0.1) is 0 Å². The number of carbonyl (C=O) groups is 2. The van der Waals surface area contributed by atoms with E-state index < -0.39 is 0 Å². The van der Waals surface area contributed by atoms with E-state index in [1.54, 1.807) is 19.3 Å². The Morgan fingerprint density at radius 2 is 2.04 bits per heavy atom. The van der Waals surface area contributed by atoms with E-state index in [9.17, 15) is 9.59 Å². The number of aromatic nitrogens is 2. The number of rotatable bonds is 4. The summed E-state index contributed by atoms with van der Waals surface area (Å²) < 4.78 is 6.83. The zero-order valence-corrected chi connectivity index (χ0v) is 14.0. The van der Waals surface area contributed by atoms with Gasteiger partial charge >= 0.3 is 5.97 Å². The molecule has 1 aromatic heterocycles. The zero-order valence-electron chi connectivity index (χ0n) is 14.0. The first-order chi connectivity index (χ1) is 11.0. The predicted octanol–water partition coefficient (Wildman–Crippen LogP) is 2.41. The highest BCUT2D eigenvalue weighted by molar-refractivity contribution is 5.88. The van der Waals surface area contributed by atoms with Gasteiger partial charge in [-0.1, -0.05) is 13.3 Å². The SMILES string of the molecule is CCOC(=O)c1cnn(C2CCN(C(=O)C3(C)CCC3)CC2)c1. The third-order valence-electron chi connectivity index (χ3n) is 5.21. The molecule has 6 nitrogen and oxygen atoms in total. The molecule has 0 spiro atoms. The Bertz CT molecular complexity index is 584. The van der Waals surface area contributed by atoms with Crippen LogP contribution >= 0.6 is 0 Å². The van der Waals surface area contributed by atoms with Gasteiger partial charge in [-0.3, -0.25) is 9.48 Å². The van der Waals surface area contributed by atoms with Gasteiger partial charge in [0.1, 0.15) is 0 Å². The van der Waals surface area contributed by atoms with E-state index in [-0.39, 0.29) is 17.4 Å². The molecule has 126 valence electrons. The van der Waals surface area contributed by atoms with Crippen molar-refractivity contribution in [2.24, 2.45) is 5.41 Å². The lowest BCUT2D eigenvalue weighted by atomic mass is 9.69. The van der Waals surface area contributed by atoms with Gasteiger partial charge in [-0.2, -0.15) is 5.10 Å². The first-order valence-electron chi connectivity index (χ1n) is 8.54. The number of hydrogen-bond donors (Lipinski definition) is 0. The van der Waals surface area contributed by atoms with Gasteiger partial charge in [0.2, 0.25) is 5.91 Å². The summed E-state index contributed by atoms with van der Waals surface area (Å²) in [6, 6.07) is 0.247. The van der Waals surface area contributed by atoms with Crippen LogP contribution in [0, 0.1) is 5.41 Å². The van der Waals surface area contributed by atoms with Gasteiger partial charge in [-0.05, 0) is 32.6 Å². The fraction of sp³-hybridized carbons (Fsp3) is 0.706. The molecule has 0 radical (unpaired) electrons. The van der Waals surface area contributed by atoms with Crippen molar-refractivity contribution in [3.05, 3.63) is 18.0 Å². The highest BCUT2D eigenvalue weighted by Crippen LogP contribution is 2.42. The lowest BCUT2D eigenvalue weighted by Gasteiger charge is -2.43. The van der Waals surface area contributed by atoms with E-state index in [0.717, 1.165) is 38.8 Å². The minimum Gasteiger partial charge on any atom is -0.462 e. The minimum absolute atomic E-state index is 0.115. The van der Waals surface area contributed by atoms with E-state index in [1.807, 2.05) is 9.58 Å². The standard InChI is InChI=1S/C17H25N3O3/c1-3-23-15(21)13-11-18-20(12-13)14-5-9-19(10-6-14)16(22)17(2)7-4-8-17/h11-12,14H,3-10H2,1-2H3. The molecule has 1 aromatic rings. The molecule has 2 heterocycles. The molecule has 0 aromatic carbocycles. The molecular formula is C17H25N3O3. The predicted molar refractivity (Wildman–Crippen MR) is 85.0 cm³/mol. The van der Waals surface area contributed by atoms with Gasteiger partial charge in [0, 0.05) is 24.7 Å². The lowest BCUT2D eigenvalue weighted by molar-refractivity contribution is -0.147. The van der Waals surface area contributed by atoms with Crippen molar-refractivity contribution in [1.82, 2.24) is 14.7 Å². The molecule has 23 heavy (non-hydrogen) atoms. The van der Waals surface area contributed by atoms with Gasteiger partial charge < -0.3 is 9.64 Å². The Labute approximate surface area is 136 Å². The summed E-state index contributed by atoms with van der Waals surface area (Å²) in [7, 11) is 0. The molecule has 1 aliphatic heterocycles. The first kappa shape index (κ1) is 16.0.